The topological polar surface area (TPSA) is 106 Å². The maximum Gasteiger partial charge on any atom is 0.249 e. The van der Waals surface area contributed by atoms with Crippen LogP contribution in [-0.4, -0.2) is 61.6 Å². The van der Waals surface area contributed by atoms with Crippen LogP contribution in [0.15, 0.2) is 0 Å². The number of rotatable bonds is 10. The normalized spacial score (nSPS) is 24.1. The van der Waals surface area contributed by atoms with Gasteiger partial charge in [-0.2, -0.15) is 12.6 Å². The average molecular weight is 404 g/mol. The van der Waals surface area contributed by atoms with E-state index in [4.69, 9.17) is 9.47 Å². The Morgan fingerprint density at radius 2 is 1.78 bits per heavy atom. The van der Waals surface area contributed by atoms with Gasteiger partial charge in [0.15, 0.2) is 5.79 Å². The summed E-state index contributed by atoms with van der Waals surface area (Å²) in [5.41, 5.74) is -0.491. The van der Waals surface area contributed by atoms with Gasteiger partial charge in [0, 0.05) is 50.6 Å². The lowest BCUT2D eigenvalue weighted by molar-refractivity contribution is -0.315. The standard InChI is InChI=1S/C18H33N3O5S/c1-13(22)19-8-5-7-18(4)25-12-17(2,3)15(26-18)16(24)21-9-6-14(23)20-10-11-27/h15,27H,5-12H2,1-4H3,(H,19,22)(H,20,23)(H,21,24)/t15-,18?/m0/s1. The lowest BCUT2D eigenvalue weighted by atomic mass is 9.85. The highest BCUT2D eigenvalue weighted by Crippen LogP contribution is 2.37. The molecule has 0 saturated carbocycles. The first kappa shape index (κ1) is 23.7. The predicted molar refractivity (Wildman–Crippen MR) is 105 cm³/mol. The second-order valence-corrected chi connectivity index (χ2v) is 8.06. The molecule has 1 heterocycles. The summed E-state index contributed by atoms with van der Waals surface area (Å²) in [5, 5.41) is 8.22. The summed E-state index contributed by atoms with van der Waals surface area (Å²) in [7, 11) is 0. The summed E-state index contributed by atoms with van der Waals surface area (Å²) in [6.45, 7) is 8.75. The quantitative estimate of drug-likeness (QED) is 0.316. The van der Waals surface area contributed by atoms with Crippen molar-refractivity contribution in [3.8, 4) is 0 Å². The number of nitrogens with one attached hydrogen (secondary N) is 3. The summed E-state index contributed by atoms with van der Waals surface area (Å²) >= 11 is 4.03. The molecular formula is C18H33N3O5S. The molecule has 1 aliphatic rings. The Labute approximate surface area is 166 Å². The zero-order valence-corrected chi connectivity index (χ0v) is 17.6. The van der Waals surface area contributed by atoms with Crippen LogP contribution in [0.25, 0.3) is 0 Å². The van der Waals surface area contributed by atoms with Crippen LogP contribution in [0, 0.1) is 5.41 Å². The van der Waals surface area contributed by atoms with Gasteiger partial charge in [-0.15, -0.1) is 0 Å². The fraction of sp³-hybridized carbons (Fsp3) is 0.833. The van der Waals surface area contributed by atoms with E-state index in [1.165, 1.54) is 6.92 Å². The second-order valence-electron chi connectivity index (χ2n) is 7.61. The first-order chi connectivity index (χ1) is 12.6. The van der Waals surface area contributed by atoms with Gasteiger partial charge in [-0.3, -0.25) is 14.4 Å². The van der Waals surface area contributed by atoms with Crippen LogP contribution in [0.2, 0.25) is 0 Å². The Balaban J connectivity index is 2.52. The van der Waals surface area contributed by atoms with E-state index in [0.29, 0.717) is 38.3 Å². The van der Waals surface area contributed by atoms with Crippen molar-refractivity contribution in [2.24, 2.45) is 5.41 Å². The number of hydrogen-bond acceptors (Lipinski definition) is 6. The Hall–Kier alpha value is -1.32. The molecule has 3 amide bonds. The van der Waals surface area contributed by atoms with Crippen LogP contribution in [0.1, 0.15) is 47.0 Å². The highest BCUT2D eigenvalue weighted by atomic mass is 32.1. The smallest absolute Gasteiger partial charge is 0.249 e. The molecule has 2 atom stereocenters. The monoisotopic (exact) mass is 403 g/mol. The lowest BCUT2D eigenvalue weighted by Gasteiger charge is -2.46. The van der Waals surface area contributed by atoms with Gasteiger partial charge >= 0.3 is 0 Å². The zero-order chi connectivity index (χ0) is 20.5. The molecule has 0 aliphatic carbocycles. The third-order valence-corrected chi connectivity index (χ3v) is 4.56. The molecule has 1 rings (SSSR count). The minimum Gasteiger partial charge on any atom is -0.356 e. The largest absolute Gasteiger partial charge is 0.356 e. The van der Waals surface area contributed by atoms with Gasteiger partial charge in [-0.1, -0.05) is 13.8 Å². The lowest BCUT2D eigenvalue weighted by Crippen LogP contribution is -2.57. The summed E-state index contributed by atoms with van der Waals surface area (Å²) in [5.74, 6) is -0.775. The zero-order valence-electron chi connectivity index (χ0n) is 16.7. The number of carbonyl (C=O) groups is 3. The van der Waals surface area contributed by atoms with Gasteiger partial charge in [0.1, 0.15) is 6.10 Å². The van der Waals surface area contributed by atoms with E-state index >= 15 is 0 Å². The van der Waals surface area contributed by atoms with Gasteiger partial charge in [-0.25, -0.2) is 0 Å². The van der Waals surface area contributed by atoms with Gasteiger partial charge in [-0.05, 0) is 13.3 Å². The number of amides is 3. The summed E-state index contributed by atoms with van der Waals surface area (Å²) in [4.78, 5) is 35.2. The van der Waals surface area contributed by atoms with Gasteiger partial charge in [0.05, 0.1) is 6.61 Å². The molecule has 0 aromatic carbocycles. The first-order valence-electron chi connectivity index (χ1n) is 9.31. The highest BCUT2D eigenvalue weighted by Gasteiger charge is 2.47. The first-order valence-corrected chi connectivity index (χ1v) is 9.94. The Bertz CT molecular complexity index is 529. The Morgan fingerprint density at radius 3 is 2.41 bits per heavy atom. The molecule has 1 unspecified atom stereocenters. The summed E-state index contributed by atoms with van der Waals surface area (Å²) in [6, 6.07) is 0. The van der Waals surface area contributed by atoms with Gasteiger partial charge < -0.3 is 25.4 Å². The minimum absolute atomic E-state index is 0.0811. The Kier molecular flexibility index (Phi) is 9.55. The molecule has 3 N–H and O–H groups in total. The van der Waals surface area contributed by atoms with Crippen LogP contribution in [0.5, 0.6) is 0 Å². The van der Waals surface area contributed by atoms with Crippen molar-refractivity contribution in [2.45, 2.75) is 58.8 Å². The van der Waals surface area contributed by atoms with Crippen molar-refractivity contribution >= 4 is 30.4 Å². The van der Waals surface area contributed by atoms with Crippen LogP contribution >= 0.6 is 12.6 Å². The van der Waals surface area contributed by atoms with Crippen LogP contribution in [0.4, 0.5) is 0 Å². The molecule has 1 fully saturated rings. The molecule has 8 nitrogen and oxygen atoms in total. The SMILES string of the molecule is CC(=O)NCCCC1(C)OCC(C)(C)[C@H](C(=O)NCCC(=O)NCCS)O1. The molecule has 0 spiro atoms. The third kappa shape index (κ3) is 8.49. The molecular weight excluding hydrogens is 370 g/mol. The third-order valence-electron chi connectivity index (χ3n) is 4.33. The van der Waals surface area contributed by atoms with Crippen molar-refractivity contribution in [1.82, 2.24) is 16.0 Å². The maximum atomic E-state index is 12.6. The van der Waals surface area contributed by atoms with E-state index < -0.39 is 17.3 Å². The van der Waals surface area contributed by atoms with E-state index in [2.05, 4.69) is 28.6 Å². The minimum atomic E-state index is -0.889. The number of carbonyl (C=O) groups excluding carboxylic acids is 3. The van der Waals surface area contributed by atoms with Crippen LogP contribution in [-0.2, 0) is 23.9 Å². The molecule has 156 valence electrons. The maximum absolute atomic E-state index is 12.6. The van der Waals surface area contributed by atoms with Gasteiger partial charge in [0.2, 0.25) is 17.7 Å². The van der Waals surface area contributed by atoms with Crippen molar-refractivity contribution in [2.75, 3.05) is 32.0 Å². The molecule has 9 heteroatoms. The molecule has 0 aromatic heterocycles. The Morgan fingerprint density at radius 1 is 1.07 bits per heavy atom. The van der Waals surface area contributed by atoms with Crippen molar-refractivity contribution in [3.05, 3.63) is 0 Å². The van der Waals surface area contributed by atoms with E-state index in [1.807, 2.05) is 13.8 Å². The van der Waals surface area contributed by atoms with E-state index in [1.54, 1.807) is 6.92 Å². The molecule has 0 aromatic rings. The fourth-order valence-electron chi connectivity index (χ4n) is 2.75. The second kappa shape index (κ2) is 10.9. The average Bonchev–Trinajstić information content (AvgIpc) is 2.59. The van der Waals surface area contributed by atoms with Crippen LogP contribution < -0.4 is 16.0 Å². The summed E-state index contributed by atoms with van der Waals surface area (Å²) in [6.07, 6.45) is 0.754. The molecule has 1 saturated heterocycles. The highest BCUT2D eigenvalue weighted by molar-refractivity contribution is 7.80. The molecule has 1 aliphatic heterocycles. The van der Waals surface area contributed by atoms with Crippen molar-refractivity contribution in [1.29, 1.82) is 0 Å². The molecule has 0 radical (unpaired) electrons. The van der Waals surface area contributed by atoms with Crippen molar-refractivity contribution in [3.63, 3.8) is 0 Å². The number of ether oxygens (including phenoxy) is 2. The van der Waals surface area contributed by atoms with Crippen LogP contribution in [0.3, 0.4) is 0 Å². The fourth-order valence-corrected chi connectivity index (χ4v) is 2.86. The van der Waals surface area contributed by atoms with E-state index in [0.717, 1.165) is 0 Å². The predicted octanol–water partition coefficient (Wildman–Crippen LogP) is 0.613. The summed E-state index contributed by atoms with van der Waals surface area (Å²) < 4.78 is 11.9. The van der Waals surface area contributed by atoms with E-state index in [9.17, 15) is 14.4 Å². The molecule has 0 bridgehead atoms. The van der Waals surface area contributed by atoms with Crippen molar-refractivity contribution < 1.29 is 23.9 Å². The number of thiol groups is 1. The van der Waals surface area contributed by atoms with E-state index in [-0.39, 0.29) is 30.7 Å². The molecule has 27 heavy (non-hydrogen) atoms. The number of hydrogen-bond donors (Lipinski definition) is 4. The van der Waals surface area contributed by atoms with Gasteiger partial charge in [0.25, 0.3) is 0 Å².